The molecule has 74 valence electrons. The third kappa shape index (κ3) is 1.42. The van der Waals surface area contributed by atoms with E-state index in [2.05, 4.69) is 35.7 Å². The predicted octanol–water partition coefficient (Wildman–Crippen LogP) is 2.03. The molecule has 1 aromatic rings. The van der Waals surface area contributed by atoms with Gasteiger partial charge in [0.05, 0.1) is 13.2 Å². The molecule has 1 aliphatic rings. The lowest BCUT2D eigenvalue weighted by molar-refractivity contribution is 0.251. The molecule has 2 rings (SSSR count). The Morgan fingerprint density at radius 3 is 2.86 bits per heavy atom. The smallest absolute Gasteiger partial charge is 0.113 e. The molecule has 0 radical (unpaired) electrons. The highest BCUT2D eigenvalue weighted by atomic mass is 16.5. The second-order valence-corrected chi connectivity index (χ2v) is 3.44. The van der Waals surface area contributed by atoms with E-state index in [0.717, 1.165) is 12.2 Å². The summed E-state index contributed by atoms with van der Waals surface area (Å²) in [5.41, 5.74) is 2.71. The van der Waals surface area contributed by atoms with E-state index in [0.29, 0.717) is 0 Å². The number of rotatable bonds is 2. The van der Waals surface area contributed by atoms with Crippen LogP contribution in [-0.2, 0) is 11.2 Å². The standard InChI is InChI=1S/C12H15NO/c1-13-12-10-6-4-3-5-9(10)7-8-11(12)14-2/h3-6,8,12-13H,7H2,1-2H3. The second kappa shape index (κ2) is 3.84. The topological polar surface area (TPSA) is 21.3 Å². The van der Waals surface area contributed by atoms with Gasteiger partial charge in [-0.2, -0.15) is 0 Å². The van der Waals surface area contributed by atoms with Crippen LogP contribution in [0.5, 0.6) is 0 Å². The van der Waals surface area contributed by atoms with E-state index in [1.165, 1.54) is 11.1 Å². The molecule has 0 saturated heterocycles. The Morgan fingerprint density at radius 2 is 2.14 bits per heavy atom. The molecule has 0 spiro atoms. The van der Waals surface area contributed by atoms with Gasteiger partial charge in [0.15, 0.2) is 0 Å². The summed E-state index contributed by atoms with van der Waals surface area (Å²) in [6.07, 6.45) is 3.11. The van der Waals surface area contributed by atoms with Crippen molar-refractivity contribution in [3.05, 3.63) is 47.2 Å². The lowest BCUT2D eigenvalue weighted by atomic mass is 9.92. The first-order chi connectivity index (χ1) is 6.86. The highest BCUT2D eigenvalue weighted by Crippen LogP contribution is 2.29. The summed E-state index contributed by atoms with van der Waals surface area (Å²) in [6, 6.07) is 8.69. The van der Waals surface area contributed by atoms with Gasteiger partial charge in [-0.15, -0.1) is 0 Å². The molecule has 1 unspecified atom stereocenters. The maximum absolute atomic E-state index is 5.35. The minimum absolute atomic E-state index is 0.213. The molecule has 0 heterocycles. The number of benzene rings is 1. The largest absolute Gasteiger partial charge is 0.499 e. The normalized spacial score (nSPS) is 19.9. The van der Waals surface area contributed by atoms with Gasteiger partial charge in [-0.1, -0.05) is 24.3 Å². The number of methoxy groups -OCH3 is 1. The molecule has 0 aromatic heterocycles. The maximum Gasteiger partial charge on any atom is 0.113 e. The summed E-state index contributed by atoms with van der Waals surface area (Å²) < 4.78 is 5.35. The van der Waals surface area contributed by atoms with Gasteiger partial charge in [-0.25, -0.2) is 0 Å². The first kappa shape index (κ1) is 9.28. The predicted molar refractivity (Wildman–Crippen MR) is 57.0 cm³/mol. The van der Waals surface area contributed by atoms with Crippen LogP contribution in [0.25, 0.3) is 0 Å². The zero-order valence-electron chi connectivity index (χ0n) is 8.58. The summed E-state index contributed by atoms with van der Waals surface area (Å²) in [4.78, 5) is 0. The molecular formula is C12H15NO. The molecule has 14 heavy (non-hydrogen) atoms. The van der Waals surface area contributed by atoms with Crippen molar-refractivity contribution in [1.29, 1.82) is 0 Å². The number of ether oxygens (including phenoxy) is 1. The van der Waals surface area contributed by atoms with E-state index in [1.807, 2.05) is 7.05 Å². The van der Waals surface area contributed by atoms with Crippen LogP contribution in [0.3, 0.4) is 0 Å². The van der Waals surface area contributed by atoms with Gasteiger partial charge in [-0.3, -0.25) is 0 Å². The van der Waals surface area contributed by atoms with Crippen LogP contribution in [0.15, 0.2) is 36.1 Å². The lowest BCUT2D eigenvalue weighted by Gasteiger charge is -2.25. The van der Waals surface area contributed by atoms with Crippen LogP contribution in [0.1, 0.15) is 17.2 Å². The molecule has 1 aromatic carbocycles. The fraction of sp³-hybridized carbons (Fsp3) is 0.333. The van der Waals surface area contributed by atoms with Crippen molar-refractivity contribution in [2.24, 2.45) is 0 Å². The quantitative estimate of drug-likeness (QED) is 0.768. The van der Waals surface area contributed by atoms with Crippen molar-refractivity contribution in [2.75, 3.05) is 14.2 Å². The zero-order valence-corrected chi connectivity index (χ0v) is 8.58. The van der Waals surface area contributed by atoms with E-state index in [-0.39, 0.29) is 6.04 Å². The second-order valence-electron chi connectivity index (χ2n) is 3.44. The van der Waals surface area contributed by atoms with Gasteiger partial charge < -0.3 is 10.1 Å². The minimum Gasteiger partial charge on any atom is -0.499 e. The van der Waals surface area contributed by atoms with Gasteiger partial charge >= 0.3 is 0 Å². The highest BCUT2D eigenvalue weighted by molar-refractivity contribution is 5.39. The van der Waals surface area contributed by atoms with Gasteiger partial charge in [0.1, 0.15) is 5.76 Å². The first-order valence-electron chi connectivity index (χ1n) is 4.86. The Hall–Kier alpha value is -1.28. The maximum atomic E-state index is 5.35. The van der Waals surface area contributed by atoms with Gasteiger partial charge in [0, 0.05) is 0 Å². The Labute approximate surface area is 84.6 Å². The Bertz CT molecular complexity index is 357. The van der Waals surface area contributed by atoms with Crippen molar-refractivity contribution >= 4 is 0 Å². The van der Waals surface area contributed by atoms with Crippen LogP contribution < -0.4 is 5.32 Å². The Morgan fingerprint density at radius 1 is 1.36 bits per heavy atom. The monoisotopic (exact) mass is 189 g/mol. The summed E-state index contributed by atoms with van der Waals surface area (Å²) in [7, 11) is 3.68. The van der Waals surface area contributed by atoms with Crippen molar-refractivity contribution in [3.8, 4) is 0 Å². The molecule has 0 amide bonds. The lowest BCUT2D eigenvalue weighted by Crippen LogP contribution is -2.23. The molecular weight excluding hydrogens is 174 g/mol. The Balaban J connectivity index is 2.41. The number of likely N-dealkylation sites (N-methyl/N-ethyl adjacent to an activating group) is 1. The highest BCUT2D eigenvalue weighted by Gasteiger charge is 2.21. The number of hydrogen-bond acceptors (Lipinski definition) is 2. The number of allylic oxidation sites excluding steroid dienone is 1. The van der Waals surface area contributed by atoms with Crippen LogP contribution in [0, 0.1) is 0 Å². The summed E-state index contributed by atoms with van der Waals surface area (Å²) in [6.45, 7) is 0. The van der Waals surface area contributed by atoms with Crippen molar-refractivity contribution < 1.29 is 4.74 Å². The molecule has 0 saturated carbocycles. The zero-order chi connectivity index (χ0) is 9.97. The average Bonchev–Trinajstić information content (AvgIpc) is 2.27. The number of fused-ring (bicyclic) bond motifs is 1. The van der Waals surface area contributed by atoms with Gasteiger partial charge in [-0.05, 0) is 30.7 Å². The van der Waals surface area contributed by atoms with E-state index in [4.69, 9.17) is 4.74 Å². The molecule has 2 heteroatoms. The summed E-state index contributed by atoms with van der Waals surface area (Å²) in [5, 5.41) is 3.27. The molecule has 1 atom stereocenters. The SMILES string of the molecule is CNC1C(OC)=CCc2ccccc21. The number of hydrogen-bond donors (Lipinski definition) is 1. The van der Waals surface area contributed by atoms with E-state index in [9.17, 15) is 0 Å². The molecule has 2 nitrogen and oxygen atoms in total. The molecule has 0 fully saturated rings. The van der Waals surface area contributed by atoms with Crippen molar-refractivity contribution in [2.45, 2.75) is 12.5 Å². The third-order valence-electron chi connectivity index (χ3n) is 2.70. The van der Waals surface area contributed by atoms with Crippen LogP contribution in [-0.4, -0.2) is 14.2 Å². The molecule has 1 N–H and O–H groups in total. The van der Waals surface area contributed by atoms with Crippen LogP contribution in [0.2, 0.25) is 0 Å². The summed E-state index contributed by atoms with van der Waals surface area (Å²) in [5.74, 6) is 1.02. The van der Waals surface area contributed by atoms with Gasteiger partial charge in [0.25, 0.3) is 0 Å². The minimum atomic E-state index is 0.213. The van der Waals surface area contributed by atoms with Crippen molar-refractivity contribution in [3.63, 3.8) is 0 Å². The van der Waals surface area contributed by atoms with E-state index < -0.39 is 0 Å². The van der Waals surface area contributed by atoms with Crippen LogP contribution in [0.4, 0.5) is 0 Å². The van der Waals surface area contributed by atoms with Gasteiger partial charge in [0.2, 0.25) is 0 Å². The average molecular weight is 189 g/mol. The fourth-order valence-electron chi connectivity index (χ4n) is 1.98. The van der Waals surface area contributed by atoms with E-state index in [1.54, 1.807) is 7.11 Å². The first-order valence-corrected chi connectivity index (χ1v) is 4.86. The van der Waals surface area contributed by atoms with Crippen LogP contribution >= 0.6 is 0 Å². The summed E-state index contributed by atoms with van der Waals surface area (Å²) >= 11 is 0. The third-order valence-corrected chi connectivity index (χ3v) is 2.70. The Kier molecular flexibility index (Phi) is 2.55. The fourth-order valence-corrected chi connectivity index (χ4v) is 1.98. The van der Waals surface area contributed by atoms with E-state index >= 15 is 0 Å². The molecule has 0 bridgehead atoms. The molecule has 0 aliphatic heterocycles. The molecule has 1 aliphatic carbocycles. The number of nitrogens with one attached hydrogen (secondary N) is 1. The van der Waals surface area contributed by atoms with Crippen molar-refractivity contribution in [1.82, 2.24) is 5.32 Å².